The van der Waals surface area contributed by atoms with E-state index in [0.717, 1.165) is 12.0 Å². The zero-order valence-corrected chi connectivity index (χ0v) is 12.2. The van der Waals surface area contributed by atoms with Crippen molar-refractivity contribution in [2.24, 2.45) is 4.99 Å². The number of carbonyl (C=O) groups is 1. The number of benzene rings is 1. The Morgan fingerprint density at radius 2 is 2.05 bits per heavy atom. The maximum absolute atomic E-state index is 11.8. The highest BCUT2D eigenvalue weighted by Gasteiger charge is 2.38. The molecule has 0 saturated carbocycles. The number of hydrogen-bond acceptors (Lipinski definition) is 6. The molecule has 0 amide bonds. The van der Waals surface area contributed by atoms with Gasteiger partial charge in [0.25, 0.3) is 0 Å². The van der Waals surface area contributed by atoms with Crippen LogP contribution in [0.4, 0.5) is 0 Å². The number of methoxy groups -OCH3 is 1. The summed E-state index contributed by atoms with van der Waals surface area (Å²) in [7, 11) is 1.34. The predicted octanol–water partition coefficient (Wildman–Crippen LogP) is 2.23. The van der Waals surface area contributed by atoms with Gasteiger partial charge in [-0.15, -0.1) is 0 Å². The molecule has 2 heterocycles. The van der Waals surface area contributed by atoms with Gasteiger partial charge in [-0.1, -0.05) is 13.0 Å². The molecule has 0 saturated heterocycles. The molecule has 1 aromatic rings. The number of nitrogens with zero attached hydrogens (tertiary/aromatic N) is 1. The molecule has 0 radical (unpaired) electrons. The molecule has 0 spiro atoms. The summed E-state index contributed by atoms with van der Waals surface area (Å²) in [6, 6.07) is 4.83. The van der Waals surface area contributed by atoms with E-state index in [1.165, 1.54) is 7.11 Å². The lowest BCUT2D eigenvalue weighted by Crippen LogP contribution is -2.25. The van der Waals surface area contributed by atoms with Crippen molar-refractivity contribution in [3.63, 3.8) is 0 Å². The Morgan fingerprint density at radius 1 is 1.29 bits per heavy atom. The number of carbonyl (C=O) groups excluding carboxylic acids is 1. The highest BCUT2D eigenvalue weighted by molar-refractivity contribution is 5.85. The van der Waals surface area contributed by atoms with Crippen LogP contribution in [-0.4, -0.2) is 31.3 Å². The lowest BCUT2D eigenvalue weighted by atomic mass is 10.0. The number of hydrogen-bond donors (Lipinski definition) is 0. The maximum Gasteiger partial charge on any atom is 0.335 e. The van der Waals surface area contributed by atoms with Crippen molar-refractivity contribution in [1.82, 2.24) is 0 Å². The van der Waals surface area contributed by atoms with E-state index >= 15 is 0 Å². The lowest BCUT2D eigenvalue weighted by molar-refractivity contribution is -0.143. The van der Waals surface area contributed by atoms with Gasteiger partial charge < -0.3 is 18.9 Å². The van der Waals surface area contributed by atoms with Crippen molar-refractivity contribution < 1.29 is 23.7 Å². The molecule has 2 aliphatic rings. The summed E-state index contributed by atoms with van der Waals surface area (Å²) in [6.45, 7) is 3.71. The van der Waals surface area contributed by atoms with Crippen molar-refractivity contribution in [2.45, 2.75) is 38.7 Å². The molecule has 0 fully saturated rings. The molecule has 3 unspecified atom stereocenters. The topological polar surface area (TPSA) is 66.4 Å². The summed E-state index contributed by atoms with van der Waals surface area (Å²) in [4.78, 5) is 16.0. The van der Waals surface area contributed by atoms with Crippen molar-refractivity contribution in [1.29, 1.82) is 0 Å². The molecule has 112 valence electrons. The van der Waals surface area contributed by atoms with Gasteiger partial charge in [-0.2, -0.15) is 0 Å². The highest BCUT2D eigenvalue weighted by Crippen LogP contribution is 2.40. The molecule has 1 aromatic carbocycles. The Labute approximate surface area is 122 Å². The molecule has 0 aliphatic carbocycles. The van der Waals surface area contributed by atoms with Gasteiger partial charge in [0.1, 0.15) is 0 Å². The van der Waals surface area contributed by atoms with E-state index in [9.17, 15) is 4.79 Å². The molecule has 0 aromatic heterocycles. The fourth-order valence-electron chi connectivity index (χ4n) is 2.45. The fraction of sp³-hybridized carbons (Fsp3) is 0.467. The summed E-state index contributed by atoms with van der Waals surface area (Å²) < 4.78 is 21.7. The third kappa shape index (κ3) is 2.41. The first-order chi connectivity index (χ1) is 10.1. The van der Waals surface area contributed by atoms with Gasteiger partial charge in [0, 0.05) is 13.3 Å². The molecule has 3 rings (SSSR count). The maximum atomic E-state index is 11.8. The van der Waals surface area contributed by atoms with E-state index in [0.29, 0.717) is 17.4 Å². The molecule has 21 heavy (non-hydrogen) atoms. The van der Waals surface area contributed by atoms with Gasteiger partial charge >= 0.3 is 5.97 Å². The summed E-state index contributed by atoms with van der Waals surface area (Å²) in [5, 5.41) is 0. The van der Waals surface area contributed by atoms with Crippen LogP contribution < -0.4 is 9.47 Å². The number of esters is 1. The highest BCUT2D eigenvalue weighted by atomic mass is 16.7. The van der Waals surface area contributed by atoms with Gasteiger partial charge in [-0.05, 0) is 17.7 Å². The quantitative estimate of drug-likeness (QED) is 0.799. The second-order valence-electron chi connectivity index (χ2n) is 4.93. The minimum Gasteiger partial charge on any atom is -0.470 e. The largest absolute Gasteiger partial charge is 0.470 e. The van der Waals surface area contributed by atoms with Crippen LogP contribution >= 0.6 is 0 Å². The monoisotopic (exact) mass is 291 g/mol. The van der Waals surface area contributed by atoms with Gasteiger partial charge in [0.2, 0.25) is 6.29 Å². The molecule has 0 N–H and O–H groups in total. The first kappa shape index (κ1) is 13.7. The second-order valence-corrected chi connectivity index (χ2v) is 4.93. The number of aliphatic imine (C=N–C) groups is 1. The van der Waals surface area contributed by atoms with E-state index in [1.54, 1.807) is 6.92 Å². The summed E-state index contributed by atoms with van der Waals surface area (Å²) in [5.41, 5.74) is 0.810. The predicted molar refractivity (Wildman–Crippen MR) is 74.5 cm³/mol. The third-order valence-electron chi connectivity index (χ3n) is 3.49. The minimum absolute atomic E-state index is 0.255. The molecule has 2 aliphatic heterocycles. The Bertz CT molecular complexity index is 598. The normalized spacial score (nSPS) is 26.2. The van der Waals surface area contributed by atoms with E-state index in [4.69, 9.17) is 18.9 Å². The number of fused-ring (bicyclic) bond motifs is 1. The van der Waals surface area contributed by atoms with Gasteiger partial charge in [0.05, 0.1) is 7.11 Å². The Balaban J connectivity index is 1.87. The van der Waals surface area contributed by atoms with Gasteiger partial charge in [0.15, 0.2) is 29.5 Å². The van der Waals surface area contributed by atoms with Crippen LogP contribution in [0.3, 0.4) is 0 Å². The Kier molecular flexibility index (Phi) is 3.45. The van der Waals surface area contributed by atoms with E-state index in [1.807, 2.05) is 25.1 Å². The first-order valence-electron chi connectivity index (χ1n) is 6.88. The van der Waals surface area contributed by atoms with Gasteiger partial charge in [-0.3, -0.25) is 0 Å². The first-order valence-corrected chi connectivity index (χ1v) is 6.88. The van der Waals surface area contributed by atoms with Gasteiger partial charge in [-0.25, -0.2) is 9.79 Å². The van der Waals surface area contributed by atoms with Crippen LogP contribution in [0.1, 0.15) is 31.9 Å². The summed E-state index contributed by atoms with van der Waals surface area (Å²) in [6.07, 6.45) is 0.0119. The zero-order chi connectivity index (χ0) is 15.0. The van der Waals surface area contributed by atoms with Crippen molar-refractivity contribution in [3.05, 3.63) is 23.8 Å². The molecular formula is C15H17NO5. The fourth-order valence-corrected chi connectivity index (χ4v) is 2.45. The van der Waals surface area contributed by atoms with Crippen LogP contribution in [0.5, 0.6) is 11.5 Å². The number of ether oxygens (including phenoxy) is 4. The van der Waals surface area contributed by atoms with Crippen LogP contribution in [-0.2, 0) is 14.3 Å². The standard InChI is InChI=1S/C15H17NO5/c1-4-12-20-10-6-5-9(7-11(10)21-12)14-13(15(17)18-3)16-8(2)19-14/h5-7,12-14H,4H2,1-3H3. The average Bonchev–Trinajstić information content (AvgIpc) is 3.08. The van der Waals surface area contributed by atoms with E-state index < -0.39 is 18.1 Å². The van der Waals surface area contributed by atoms with Crippen LogP contribution in [0.25, 0.3) is 0 Å². The Morgan fingerprint density at radius 3 is 2.76 bits per heavy atom. The van der Waals surface area contributed by atoms with E-state index in [-0.39, 0.29) is 6.29 Å². The van der Waals surface area contributed by atoms with Crippen molar-refractivity contribution in [2.75, 3.05) is 7.11 Å². The minimum atomic E-state index is -0.683. The van der Waals surface area contributed by atoms with Crippen LogP contribution in [0.15, 0.2) is 23.2 Å². The smallest absolute Gasteiger partial charge is 0.335 e. The second kappa shape index (κ2) is 5.27. The molecule has 3 atom stereocenters. The molecule has 0 bridgehead atoms. The summed E-state index contributed by atoms with van der Waals surface area (Å²) >= 11 is 0. The Hall–Kier alpha value is -2.24. The van der Waals surface area contributed by atoms with E-state index in [2.05, 4.69) is 4.99 Å². The SMILES string of the molecule is CCC1Oc2ccc(C3OC(C)=NC3C(=O)OC)cc2O1. The molecular weight excluding hydrogens is 274 g/mol. The number of rotatable bonds is 3. The molecule has 6 heteroatoms. The average molecular weight is 291 g/mol. The third-order valence-corrected chi connectivity index (χ3v) is 3.49. The van der Waals surface area contributed by atoms with Crippen molar-refractivity contribution in [3.8, 4) is 11.5 Å². The summed E-state index contributed by atoms with van der Waals surface area (Å²) in [5.74, 6) is 1.42. The van der Waals surface area contributed by atoms with Crippen LogP contribution in [0, 0.1) is 0 Å². The molecule has 6 nitrogen and oxygen atoms in total. The van der Waals surface area contributed by atoms with Crippen LogP contribution in [0.2, 0.25) is 0 Å². The zero-order valence-electron chi connectivity index (χ0n) is 12.2. The lowest BCUT2D eigenvalue weighted by Gasteiger charge is -2.16. The van der Waals surface area contributed by atoms with Crippen molar-refractivity contribution >= 4 is 11.9 Å².